The fourth-order valence-electron chi connectivity index (χ4n) is 3.58. The minimum absolute atomic E-state index is 0.174. The molecule has 0 aliphatic carbocycles. The van der Waals surface area contributed by atoms with Crippen molar-refractivity contribution in [3.8, 4) is 0 Å². The molecule has 168 valence electrons. The van der Waals surface area contributed by atoms with E-state index in [0.29, 0.717) is 18.9 Å². The summed E-state index contributed by atoms with van der Waals surface area (Å²) in [7, 11) is 0. The van der Waals surface area contributed by atoms with E-state index in [9.17, 15) is 18.0 Å². The molecular formula is C22H22F3N5O2. The number of ether oxygens (including phenoxy) is 1. The zero-order chi connectivity index (χ0) is 22.7. The minimum atomic E-state index is -4.68. The fraction of sp³-hybridized carbons (Fsp3) is 0.318. The monoisotopic (exact) mass is 445 g/mol. The molecule has 1 aliphatic heterocycles. The van der Waals surface area contributed by atoms with Crippen molar-refractivity contribution in [2.24, 2.45) is 5.10 Å². The van der Waals surface area contributed by atoms with Gasteiger partial charge in [0.15, 0.2) is 0 Å². The second kappa shape index (κ2) is 8.99. The van der Waals surface area contributed by atoms with Crippen LogP contribution in [0, 0.1) is 0 Å². The van der Waals surface area contributed by atoms with Gasteiger partial charge in [-0.25, -0.2) is 10.4 Å². The minimum Gasteiger partial charge on any atom is -0.378 e. The number of fused-ring (bicyclic) bond motifs is 1. The first-order valence-corrected chi connectivity index (χ1v) is 10.1. The number of carbonyl (C=O) groups excluding carboxylic acids is 1. The molecule has 0 unspecified atom stereocenters. The highest BCUT2D eigenvalue weighted by molar-refractivity contribution is 5.99. The zero-order valence-electron chi connectivity index (χ0n) is 17.4. The molecule has 0 bridgehead atoms. The van der Waals surface area contributed by atoms with Gasteiger partial charge in [-0.3, -0.25) is 4.79 Å². The molecule has 0 radical (unpaired) electrons. The Balaban J connectivity index is 1.45. The molecule has 1 fully saturated rings. The summed E-state index contributed by atoms with van der Waals surface area (Å²) in [4.78, 5) is 18.2. The lowest BCUT2D eigenvalue weighted by Gasteiger charge is -2.28. The molecule has 0 saturated carbocycles. The molecule has 10 heteroatoms. The van der Waals surface area contributed by atoms with Gasteiger partial charge >= 0.3 is 6.18 Å². The number of hydrogen-bond donors (Lipinski definition) is 1. The number of benzene rings is 2. The second-order valence-corrected chi connectivity index (χ2v) is 7.39. The van der Waals surface area contributed by atoms with Crippen LogP contribution in [0.4, 0.5) is 18.9 Å². The molecule has 1 amide bonds. The topological polar surface area (TPSA) is 71.8 Å². The molecule has 7 nitrogen and oxygen atoms in total. The summed E-state index contributed by atoms with van der Waals surface area (Å²) in [5.41, 5.74) is 5.16. The molecule has 2 aromatic carbocycles. The van der Waals surface area contributed by atoms with E-state index in [1.54, 1.807) is 19.1 Å². The predicted molar refractivity (Wildman–Crippen MR) is 115 cm³/mol. The zero-order valence-corrected chi connectivity index (χ0v) is 17.4. The van der Waals surface area contributed by atoms with E-state index in [2.05, 4.69) is 20.4 Å². The lowest BCUT2D eigenvalue weighted by atomic mass is 10.1. The average molecular weight is 445 g/mol. The highest BCUT2D eigenvalue weighted by Crippen LogP contribution is 2.31. The summed E-state index contributed by atoms with van der Waals surface area (Å²) in [6, 6.07) is 13.9. The molecule has 1 aromatic heterocycles. The number of aromatic nitrogens is 2. The molecule has 2 heterocycles. The van der Waals surface area contributed by atoms with Crippen molar-refractivity contribution in [3.05, 3.63) is 59.9 Å². The largest absolute Gasteiger partial charge is 0.449 e. The summed E-state index contributed by atoms with van der Waals surface area (Å²) < 4.78 is 46.4. The van der Waals surface area contributed by atoms with E-state index < -0.39 is 24.5 Å². The van der Waals surface area contributed by atoms with Gasteiger partial charge in [-0.2, -0.15) is 18.3 Å². The fourth-order valence-corrected chi connectivity index (χ4v) is 3.58. The Kier molecular flexibility index (Phi) is 6.13. The van der Waals surface area contributed by atoms with Crippen LogP contribution in [0.5, 0.6) is 0 Å². The second-order valence-electron chi connectivity index (χ2n) is 7.39. The summed E-state index contributed by atoms with van der Waals surface area (Å²) in [6.45, 7) is 4.20. The van der Waals surface area contributed by atoms with Gasteiger partial charge in [0.05, 0.1) is 30.0 Å². The maximum Gasteiger partial charge on any atom is 0.449 e. The van der Waals surface area contributed by atoms with Crippen molar-refractivity contribution in [1.82, 2.24) is 15.0 Å². The summed E-state index contributed by atoms with van der Waals surface area (Å²) in [5, 5.41) is 4.06. The van der Waals surface area contributed by atoms with Crippen LogP contribution in [0.1, 0.15) is 18.3 Å². The third-order valence-electron chi connectivity index (χ3n) is 5.22. The lowest BCUT2D eigenvalue weighted by Crippen LogP contribution is -2.36. The summed E-state index contributed by atoms with van der Waals surface area (Å²) >= 11 is 0. The summed E-state index contributed by atoms with van der Waals surface area (Å²) in [6.07, 6.45) is -4.68. The van der Waals surface area contributed by atoms with E-state index in [1.165, 1.54) is 12.1 Å². The van der Waals surface area contributed by atoms with Gasteiger partial charge < -0.3 is 14.2 Å². The maximum atomic E-state index is 13.4. The van der Waals surface area contributed by atoms with Crippen LogP contribution < -0.4 is 10.3 Å². The van der Waals surface area contributed by atoms with Crippen molar-refractivity contribution in [1.29, 1.82) is 0 Å². The van der Waals surface area contributed by atoms with E-state index in [0.717, 1.165) is 28.9 Å². The lowest BCUT2D eigenvalue weighted by molar-refractivity contribution is -0.147. The summed E-state index contributed by atoms with van der Waals surface area (Å²) in [5.74, 6) is -1.80. The van der Waals surface area contributed by atoms with Gasteiger partial charge in [0.2, 0.25) is 5.82 Å². The predicted octanol–water partition coefficient (Wildman–Crippen LogP) is 3.43. The quantitative estimate of drug-likeness (QED) is 0.483. The van der Waals surface area contributed by atoms with Crippen LogP contribution >= 0.6 is 0 Å². The van der Waals surface area contributed by atoms with E-state index in [4.69, 9.17) is 4.74 Å². The first kappa shape index (κ1) is 21.8. The van der Waals surface area contributed by atoms with Gasteiger partial charge in [0.25, 0.3) is 5.91 Å². The van der Waals surface area contributed by atoms with Gasteiger partial charge in [-0.15, -0.1) is 0 Å². The molecule has 0 spiro atoms. The normalized spacial score (nSPS) is 15.2. The Hall–Kier alpha value is -3.40. The van der Waals surface area contributed by atoms with Gasteiger partial charge in [0.1, 0.15) is 6.54 Å². The highest BCUT2D eigenvalue weighted by atomic mass is 19.4. The SMILES string of the molecule is CC(=NNC(=O)Cn1c(C(F)(F)F)nc2ccccc21)c1ccc(N2CCOCC2)cc1. The molecule has 4 rings (SSSR count). The number of halogens is 3. The van der Waals surface area contributed by atoms with Crippen molar-refractivity contribution < 1.29 is 22.7 Å². The van der Waals surface area contributed by atoms with Crippen LogP contribution in [0.3, 0.4) is 0 Å². The number of hydrogen-bond acceptors (Lipinski definition) is 5. The molecule has 1 aliphatic rings. The van der Waals surface area contributed by atoms with Crippen molar-refractivity contribution >= 4 is 28.3 Å². The van der Waals surface area contributed by atoms with Gasteiger partial charge in [0, 0.05) is 18.8 Å². The number of para-hydroxylation sites is 2. The Labute approximate surface area is 182 Å². The van der Waals surface area contributed by atoms with Gasteiger partial charge in [-0.1, -0.05) is 24.3 Å². The molecular weight excluding hydrogens is 423 g/mol. The number of hydrazone groups is 1. The molecule has 1 N–H and O–H groups in total. The van der Waals surface area contributed by atoms with E-state index in [-0.39, 0.29) is 11.0 Å². The number of imidazole rings is 1. The Morgan fingerprint density at radius 2 is 1.81 bits per heavy atom. The Morgan fingerprint density at radius 1 is 1.12 bits per heavy atom. The molecule has 0 atom stereocenters. The number of alkyl halides is 3. The standard InChI is InChI=1S/C22H22F3N5O2/c1-15(16-6-8-17(9-7-16)29-10-12-32-13-11-29)27-28-20(31)14-30-19-5-3-2-4-18(19)26-21(30)22(23,24)25/h2-9H,10-14H2,1H3,(H,28,31). The van der Waals surface area contributed by atoms with Crippen molar-refractivity contribution in [2.75, 3.05) is 31.2 Å². The van der Waals surface area contributed by atoms with E-state index in [1.807, 2.05) is 24.3 Å². The molecule has 1 saturated heterocycles. The number of carbonyl (C=O) groups is 1. The Bertz CT molecular complexity index is 1130. The first-order valence-electron chi connectivity index (χ1n) is 10.1. The third-order valence-corrected chi connectivity index (χ3v) is 5.22. The molecule has 3 aromatic rings. The van der Waals surface area contributed by atoms with Crippen LogP contribution in [0.25, 0.3) is 11.0 Å². The third kappa shape index (κ3) is 4.75. The number of anilines is 1. The number of rotatable bonds is 5. The van der Waals surface area contributed by atoms with Crippen LogP contribution in [-0.4, -0.2) is 47.5 Å². The van der Waals surface area contributed by atoms with Crippen LogP contribution in [0.2, 0.25) is 0 Å². The number of nitrogens with zero attached hydrogens (tertiary/aromatic N) is 4. The van der Waals surface area contributed by atoms with Crippen LogP contribution in [0.15, 0.2) is 53.6 Å². The number of nitrogens with one attached hydrogen (secondary N) is 1. The molecule has 32 heavy (non-hydrogen) atoms. The van der Waals surface area contributed by atoms with Crippen molar-refractivity contribution in [3.63, 3.8) is 0 Å². The van der Waals surface area contributed by atoms with E-state index >= 15 is 0 Å². The first-order chi connectivity index (χ1) is 15.3. The number of amides is 1. The Morgan fingerprint density at radius 3 is 2.50 bits per heavy atom. The number of morpholine rings is 1. The van der Waals surface area contributed by atoms with Crippen LogP contribution in [-0.2, 0) is 22.3 Å². The highest BCUT2D eigenvalue weighted by Gasteiger charge is 2.38. The smallest absolute Gasteiger partial charge is 0.378 e. The van der Waals surface area contributed by atoms with Crippen molar-refractivity contribution in [2.45, 2.75) is 19.6 Å². The maximum absolute atomic E-state index is 13.4. The van der Waals surface area contributed by atoms with Gasteiger partial charge in [-0.05, 0) is 36.8 Å². The average Bonchev–Trinajstić information content (AvgIpc) is 3.17.